The highest BCUT2D eigenvalue weighted by Gasteiger charge is 2.23. The van der Waals surface area contributed by atoms with E-state index in [1.165, 1.54) is 0 Å². The normalized spacial score (nSPS) is 11.2. The van der Waals surface area contributed by atoms with E-state index in [9.17, 15) is 9.59 Å². The number of rotatable bonds is 10. The number of ether oxygens (including phenoxy) is 1. The molecular weight excluding hydrogens is 440 g/mol. The number of nitrogens with one attached hydrogen (secondary N) is 1. The predicted molar refractivity (Wildman–Crippen MR) is 139 cm³/mol. The molecule has 2 amide bonds. The number of aromatic nitrogens is 2. The average molecular weight is 477 g/mol. The monoisotopic (exact) mass is 476 g/mol. The Hall–Kier alpha value is -3.61. The minimum atomic E-state index is -0.248. The van der Waals surface area contributed by atoms with E-state index >= 15 is 0 Å². The summed E-state index contributed by atoms with van der Waals surface area (Å²) in [5, 5.41) is 7.74. The number of nitrogens with zero attached hydrogens (tertiary/aromatic N) is 3. The van der Waals surface area contributed by atoms with Crippen LogP contribution in [0.25, 0.3) is 5.69 Å². The molecule has 0 aliphatic rings. The molecule has 0 spiro atoms. The quantitative estimate of drug-likeness (QED) is 0.447. The van der Waals surface area contributed by atoms with Crippen molar-refractivity contribution in [2.75, 3.05) is 25.5 Å². The molecule has 0 bridgehead atoms. The van der Waals surface area contributed by atoms with E-state index in [0.29, 0.717) is 12.4 Å². The van der Waals surface area contributed by atoms with Crippen molar-refractivity contribution in [3.8, 4) is 11.4 Å². The zero-order chi connectivity index (χ0) is 25.4. The smallest absolute Gasteiger partial charge is 0.245 e. The van der Waals surface area contributed by atoms with Crippen LogP contribution in [0.4, 0.5) is 5.82 Å². The molecule has 7 heteroatoms. The van der Waals surface area contributed by atoms with Crippen LogP contribution in [0, 0.1) is 0 Å². The van der Waals surface area contributed by atoms with Gasteiger partial charge in [-0.2, -0.15) is 5.10 Å². The predicted octanol–water partition coefficient (Wildman–Crippen LogP) is 4.99. The molecule has 0 saturated carbocycles. The van der Waals surface area contributed by atoms with E-state index in [4.69, 9.17) is 9.84 Å². The number of methoxy groups -OCH3 is 1. The zero-order valence-corrected chi connectivity index (χ0v) is 21.4. The van der Waals surface area contributed by atoms with Crippen molar-refractivity contribution >= 4 is 17.6 Å². The van der Waals surface area contributed by atoms with Crippen molar-refractivity contribution in [3.63, 3.8) is 0 Å². The number of para-hydroxylation sites is 1. The maximum Gasteiger partial charge on any atom is 0.245 e. The highest BCUT2D eigenvalue weighted by atomic mass is 16.5. The zero-order valence-electron chi connectivity index (χ0n) is 21.4. The summed E-state index contributed by atoms with van der Waals surface area (Å²) in [7, 11) is 1.61. The Morgan fingerprint density at radius 3 is 2.34 bits per heavy atom. The van der Waals surface area contributed by atoms with Crippen LogP contribution in [-0.2, 0) is 21.4 Å². The fourth-order valence-electron chi connectivity index (χ4n) is 3.63. The molecule has 0 fully saturated rings. The second-order valence-corrected chi connectivity index (χ2v) is 9.65. The van der Waals surface area contributed by atoms with Crippen LogP contribution < -0.4 is 10.1 Å². The van der Waals surface area contributed by atoms with Gasteiger partial charge in [0, 0.05) is 18.0 Å². The van der Waals surface area contributed by atoms with Crippen molar-refractivity contribution < 1.29 is 14.3 Å². The first-order valence-corrected chi connectivity index (χ1v) is 12.1. The van der Waals surface area contributed by atoms with Gasteiger partial charge < -0.3 is 15.0 Å². The van der Waals surface area contributed by atoms with E-state index in [1.807, 2.05) is 60.7 Å². The molecule has 1 heterocycles. The van der Waals surface area contributed by atoms with Gasteiger partial charge in [-0.15, -0.1) is 0 Å². The molecule has 2 aromatic carbocycles. The van der Waals surface area contributed by atoms with Crippen molar-refractivity contribution in [1.82, 2.24) is 14.7 Å². The number of benzene rings is 2. The number of carbonyl (C=O) groups excluding carboxylic acids is 2. The lowest BCUT2D eigenvalue weighted by Gasteiger charge is -2.22. The number of unbranched alkanes of at least 4 members (excludes halogenated alkanes) is 1. The molecule has 0 saturated heterocycles. The second kappa shape index (κ2) is 11.7. The maximum absolute atomic E-state index is 13.1. The molecule has 35 heavy (non-hydrogen) atoms. The van der Waals surface area contributed by atoms with Gasteiger partial charge in [0.2, 0.25) is 11.8 Å². The van der Waals surface area contributed by atoms with Crippen molar-refractivity contribution in [2.45, 2.75) is 52.4 Å². The molecule has 0 unspecified atom stereocenters. The number of hydrogen-bond donors (Lipinski definition) is 1. The molecule has 0 aliphatic heterocycles. The largest absolute Gasteiger partial charge is 0.497 e. The van der Waals surface area contributed by atoms with Crippen LogP contribution in [-0.4, -0.2) is 46.7 Å². The average Bonchev–Trinajstić information content (AvgIpc) is 3.27. The second-order valence-electron chi connectivity index (χ2n) is 9.65. The lowest BCUT2D eigenvalue weighted by Crippen LogP contribution is -2.39. The molecule has 0 aliphatic carbocycles. The van der Waals surface area contributed by atoms with Gasteiger partial charge in [0.25, 0.3) is 0 Å². The molecule has 3 aromatic rings. The third-order valence-corrected chi connectivity index (χ3v) is 5.73. The lowest BCUT2D eigenvalue weighted by atomic mass is 9.92. The Balaban J connectivity index is 1.76. The Kier molecular flexibility index (Phi) is 8.68. The standard InChI is InChI=1S/C28H36N4O3/c1-6-7-17-31(27(34)18-21-13-15-23(35-5)16-14-21)20-26(33)29-25-19-24(28(2,3)4)30-32(25)22-11-9-8-10-12-22/h8-16,19H,6-7,17-18,20H2,1-5H3,(H,29,33). The minimum absolute atomic E-state index is 0.0141. The first-order chi connectivity index (χ1) is 16.7. The summed E-state index contributed by atoms with van der Waals surface area (Å²) in [5.74, 6) is 1.00. The molecule has 3 rings (SSSR count). The molecular formula is C28H36N4O3. The number of hydrogen-bond acceptors (Lipinski definition) is 4. The van der Waals surface area contributed by atoms with Gasteiger partial charge in [-0.05, 0) is 36.2 Å². The van der Waals surface area contributed by atoms with Crippen molar-refractivity contribution in [1.29, 1.82) is 0 Å². The summed E-state index contributed by atoms with van der Waals surface area (Å²) in [5.41, 5.74) is 2.43. The SMILES string of the molecule is CCCCN(CC(=O)Nc1cc(C(C)(C)C)nn1-c1ccccc1)C(=O)Cc1ccc(OC)cc1. The maximum atomic E-state index is 13.1. The Morgan fingerprint density at radius 1 is 1.06 bits per heavy atom. The van der Waals surface area contributed by atoms with Gasteiger partial charge in [0.05, 0.1) is 31.5 Å². The Morgan fingerprint density at radius 2 is 1.74 bits per heavy atom. The van der Waals surface area contributed by atoms with Gasteiger partial charge in [-0.25, -0.2) is 4.68 Å². The van der Waals surface area contributed by atoms with Gasteiger partial charge >= 0.3 is 0 Å². The lowest BCUT2D eigenvalue weighted by molar-refractivity contribution is -0.134. The summed E-state index contributed by atoms with van der Waals surface area (Å²) >= 11 is 0. The summed E-state index contributed by atoms with van der Waals surface area (Å²) < 4.78 is 6.94. The molecule has 1 N–H and O–H groups in total. The highest BCUT2D eigenvalue weighted by Crippen LogP contribution is 2.26. The van der Waals surface area contributed by atoms with Crippen LogP contribution in [0.15, 0.2) is 60.7 Å². The summed E-state index contributed by atoms with van der Waals surface area (Å²) in [6, 6.07) is 19.0. The molecule has 1 aromatic heterocycles. The molecule has 186 valence electrons. The minimum Gasteiger partial charge on any atom is -0.497 e. The van der Waals surface area contributed by atoms with Crippen molar-refractivity contribution in [3.05, 3.63) is 71.9 Å². The van der Waals surface area contributed by atoms with Gasteiger partial charge in [0.1, 0.15) is 11.6 Å². The molecule has 7 nitrogen and oxygen atoms in total. The third kappa shape index (κ3) is 7.18. The van der Waals surface area contributed by atoms with E-state index in [2.05, 4.69) is 33.0 Å². The Bertz CT molecular complexity index is 1120. The number of amides is 2. The fraction of sp³-hybridized carbons (Fsp3) is 0.393. The topological polar surface area (TPSA) is 76.5 Å². The van der Waals surface area contributed by atoms with E-state index in [1.54, 1.807) is 16.7 Å². The van der Waals surface area contributed by atoms with E-state index in [0.717, 1.165) is 35.5 Å². The Labute approximate surface area is 208 Å². The summed E-state index contributed by atoms with van der Waals surface area (Å²) in [4.78, 5) is 27.8. The van der Waals surface area contributed by atoms with Gasteiger partial charge in [-0.3, -0.25) is 9.59 Å². The summed E-state index contributed by atoms with van der Waals surface area (Å²) in [6.07, 6.45) is 2.00. The first kappa shape index (κ1) is 26.0. The molecule has 0 atom stereocenters. The van der Waals surface area contributed by atoms with Gasteiger partial charge in [-0.1, -0.05) is 64.4 Å². The molecule has 0 radical (unpaired) electrons. The summed E-state index contributed by atoms with van der Waals surface area (Å²) in [6.45, 7) is 8.84. The van der Waals surface area contributed by atoms with Crippen LogP contribution in [0.3, 0.4) is 0 Å². The third-order valence-electron chi connectivity index (χ3n) is 5.73. The highest BCUT2D eigenvalue weighted by molar-refractivity contribution is 5.94. The van der Waals surface area contributed by atoms with Crippen LogP contribution >= 0.6 is 0 Å². The first-order valence-electron chi connectivity index (χ1n) is 12.1. The van der Waals surface area contributed by atoms with Gasteiger partial charge in [0.15, 0.2) is 0 Å². The van der Waals surface area contributed by atoms with Crippen LogP contribution in [0.1, 0.15) is 51.8 Å². The fourth-order valence-corrected chi connectivity index (χ4v) is 3.63. The van der Waals surface area contributed by atoms with Crippen molar-refractivity contribution in [2.24, 2.45) is 0 Å². The number of carbonyl (C=O) groups is 2. The van der Waals surface area contributed by atoms with Crippen LogP contribution in [0.5, 0.6) is 5.75 Å². The van der Waals surface area contributed by atoms with E-state index < -0.39 is 0 Å². The van der Waals surface area contributed by atoms with E-state index in [-0.39, 0.29) is 30.2 Å². The number of anilines is 1. The van der Waals surface area contributed by atoms with Crippen LogP contribution in [0.2, 0.25) is 0 Å².